The van der Waals surface area contributed by atoms with Gasteiger partial charge in [-0.1, -0.05) is 18.2 Å². The molecule has 0 aliphatic carbocycles. The fraction of sp³-hybridized carbons (Fsp3) is 0. The van der Waals surface area contributed by atoms with E-state index in [4.69, 9.17) is 0 Å². The monoisotopic (exact) mass is 401 g/mol. The number of hydrogen-bond donors (Lipinski definition) is 2. The van der Waals surface area contributed by atoms with Gasteiger partial charge in [-0.05, 0) is 48.5 Å². The molecule has 0 radical (unpaired) electrons. The van der Waals surface area contributed by atoms with Gasteiger partial charge in [0.15, 0.2) is 5.69 Å². The van der Waals surface area contributed by atoms with Crippen LogP contribution in [0.25, 0.3) is 16.9 Å². The molecule has 148 valence electrons. The second kappa shape index (κ2) is 7.84. The molecule has 9 heteroatoms. The molecule has 0 atom stereocenters. The average molecular weight is 401 g/mol. The lowest BCUT2D eigenvalue weighted by molar-refractivity contribution is -0.384. The van der Waals surface area contributed by atoms with Crippen molar-refractivity contribution in [2.45, 2.75) is 0 Å². The summed E-state index contributed by atoms with van der Waals surface area (Å²) in [5.74, 6) is 0.0913. The van der Waals surface area contributed by atoms with Crippen molar-refractivity contribution in [3.63, 3.8) is 0 Å². The second-order valence-corrected chi connectivity index (χ2v) is 6.33. The summed E-state index contributed by atoms with van der Waals surface area (Å²) in [6.07, 6.45) is 0. The first kappa shape index (κ1) is 18.8. The van der Waals surface area contributed by atoms with Gasteiger partial charge in [0.1, 0.15) is 5.75 Å². The van der Waals surface area contributed by atoms with Crippen LogP contribution >= 0.6 is 0 Å². The van der Waals surface area contributed by atoms with Gasteiger partial charge >= 0.3 is 0 Å². The fourth-order valence-corrected chi connectivity index (χ4v) is 2.86. The highest BCUT2D eigenvalue weighted by Gasteiger charge is 2.18. The molecule has 2 N–H and O–H groups in total. The molecule has 4 rings (SSSR count). The number of azo groups is 1. The molecule has 1 aromatic heterocycles. The van der Waals surface area contributed by atoms with Crippen LogP contribution in [0.4, 0.5) is 17.1 Å². The zero-order valence-corrected chi connectivity index (χ0v) is 15.5. The summed E-state index contributed by atoms with van der Waals surface area (Å²) in [7, 11) is 0. The number of nitrogens with zero attached hydrogens (tertiary/aromatic N) is 4. The Bertz CT molecular complexity index is 1270. The summed E-state index contributed by atoms with van der Waals surface area (Å²) in [5, 5.41) is 31.6. The third-order valence-corrected chi connectivity index (χ3v) is 4.36. The Balaban J connectivity index is 1.84. The van der Waals surface area contributed by atoms with Crippen molar-refractivity contribution < 1.29 is 10.0 Å². The predicted molar refractivity (Wildman–Crippen MR) is 111 cm³/mol. The van der Waals surface area contributed by atoms with E-state index in [0.717, 1.165) is 0 Å². The molecule has 30 heavy (non-hydrogen) atoms. The molecular formula is C21H15N5O4. The normalized spacial score (nSPS) is 11.1. The number of aromatic amines is 1. The van der Waals surface area contributed by atoms with Gasteiger partial charge in [0.2, 0.25) is 0 Å². The average Bonchev–Trinajstić information content (AvgIpc) is 3.10. The van der Waals surface area contributed by atoms with Gasteiger partial charge in [0.25, 0.3) is 11.2 Å². The van der Waals surface area contributed by atoms with Gasteiger partial charge in [0, 0.05) is 17.7 Å². The lowest BCUT2D eigenvalue weighted by Crippen LogP contribution is -2.13. The number of nitro benzene ring substituents is 1. The van der Waals surface area contributed by atoms with Crippen LogP contribution in [0.2, 0.25) is 0 Å². The van der Waals surface area contributed by atoms with Crippen molar-refractivity contribution in [3.8, 4) is 22.7 Å². The number of nitro groups is 1. The first-order chi connectivity index (χ1) is 14.5. The maximum Gasteiger partial charge on any atom is 0.299 e. The van der Waals surface area contributed by atoms with Gasteiger partial charge in [-0.3, -0.25) is 20.0 Å². The number of phenols is 1. The Hall–Kier alpha value is -4.53. The van der Waals surface area contributed by atoms with E-state index in [-0.39, 0.29) is 17.1 Å². The summed E-state index contributed by atoms with van der Waals surface area (Å²) in [6.45, 7) is 0. The number of rotatable bonds is 5. The molecule has 9 nitrogen and oxygen atoms in total. The van der Waals surface area contributed by atoms with Crippen LogP contribution in [-0.2, 0) is 0 Å². The highest BCUT2D eigenvalue weighted by molar-refractivity contribution is 5.72. The molecule has 0 fully saturated rings. The number of aromatic hydroxyl groups is 1. The molecule has 0 spiro atoms. The summed E-state index contributed by atoms with van der Waals surface area (Å²) in [4.78, 5) is 23.5. The standard InChI is InChI=1S/C21H15N5O4/c27-18-12-8-15(9-13-18)22-23-20-19(14-6-10-17(11-7-14)26(29)30)24-25(21(20)28)16-4-2-1-3-5-16/h1-13,24,27H. The van der Waals surface area contributed by atoms with Crippen LogP contribution in [0, 0.1) is 10.1 Å². The first-order valence-corrected chi connectivity index (χ1v) is 8.89. The minimum Gasteiger partial charge on any atom is -0.508 e. The maximum atomic E-state index is 13.0. The van der Waals surface area contributed by atoms with Crippen LogP contribution in [0.15, 0.2) is 93.9 Å². The Kier molecular flexibility index (Phi) is 4.92. The van der Waals surface area contributed by atoms with E-state index < -0.39 is 10.5 Å². The van der Waals surface area contributed by atoms with E-state index in [0.29, 0.717) is 22.6 Å². The molecule has 0 aliphatic heterocycles. The van der Waals surface area contributed by atoms with E-state index in [1.165, 1.54) is 41.1 Å². The minimum absolute atomic E-state index is 0.0563. The SMILES string of the molecule is O=c1c(N=Nc2ccc(O)cc2)c(-c2ccc([N+](=O)[O-])cc2)[nH]n1-c1ccccc1. The second-order valence-electron chi connectivity index (χ2n) is 6.33. The number of hydrogen-bond acceptors (Lipinski definition) is 6. The smallest absolute Gasteiger partial charge is 0.299 e. The van der Waals surface area contributed by atoms with E-state index in [1.807, 2.05) is 6.07 Å². The van der Waals surface area contributed by atoms with Crippen molar-refractivity contribution in [2.75, 3.05) is 0 Å². The molecule has 0 unspecified atom stereocenters. The third-order valence-electron chi connectivity index (χ3n) is 4.36. The van der Waals surface area contributed by atoms with Crippen LogP contribution in [-0.4, -0.2) is 19.8 Å². The zero-order valence-electron chi connectivity index (χ0n) is 15.5. The Morgan fingerprint density at radius 2 is 1.57 bits per heavy atom. The predicted octanol–water partition coefficient (Wildman–Crippen LogP) is 4.86. The molecular weight excluding hydrogens is 386 g/mol. The number of aromatic nitrogens is 2. The Morgan fingerprint density at radius 3 is 2.20 bits per heavy atom. The van der Waals surface area contributed by atoms with Crippen LogP contribution < -0.4 is 5.56 Å². The quantitative estimate of drug-likeness (QED) is 0.281. The summed E-state index contributed by atoms with van der Waals surface area (Å²) >= 11 is 0. The number of phenolic OH excluding ortho intramolecular Hbond substituents is 1. The molecule has 4 aromatic rings. The van der Waals surface area contributed by atoms with Crippen molar-refractivity contribution in [3.05, 3.63) is 99.3 Å². The molecule has 1 heterocycles. The number of H-pyrrole nitrogens is 1. The van der Waals surface area contributed by atoms with E-state index in [2.05, 4.69) is 15.3 Å². The number of benzene rings is 3. The fourth-order valence-electron chi connectivity index (χ4n) is 2.86. The van der Waals surface area contributed by atoms with Gasteiger partial charge in [-0.25, -0.2) is 4.68 Å². The number of non-ortho nitro benzene ring substituents is 1. The molecule has 0 amide bonds. The zero-order chi connectivity index (χ0) is 21.1. The van der Waals surface area contributed by atoms with Gasteiger partial charge in [0.05, 0.1) is 22.0 Å². The lowest BCUT2D eigenvalue weighted by Gasteiger charge is -2.01. The lowest BCUT2D eigenvalue weighted by atomic mass is 10.1. The summed E-state index contributed by atoms with van der Waals surface area (Å²) < 4.78 is 1.34. The maximum absolute atomic E-state index is 13.0. The van der Waals surface area contributed by atoms with Gasteiger partial charge in [-0.15, -0.1) is 5.11 Å². The highest BCUT2D eigenvalue weighted by atomic mass is 16.6. The van der Waals surface area contributed by atoms with Crippen molar-refractivity contribution >= 4 is 17.1 Å². The molecule has 0 bridgehead atoms. The van der Waals surface area contributed by atoms with Crippen molar-refractivity contribution in [2.24, 2.45) is 10.2 Å². The van der Waals surface area contributed by atoms with E-state index in [1.54, 1.807) is 36.4 Å². The molecule has 3 aromatic carbocycles. The minimum atomic E-state index is -0.493. The first-order valence-electron chi connectivity index (χ1n) is 8.89. The largest absolute Gasteiger partial charge is 0.508 e. The Morgan fingerprint density at radius 1 is 0.900 bits per heavy atom. The van der Waals surface area contributed by atoms with E-state index >= 15 is 0 Å². The Labute approximate surface area is 169 Å². The van der Waals surface area contributed by atoms with E-state index in [9.17, 15) is 20.0 Å². The summed E-state index contributed by atoms with van der Waals surface area (Å²) in [5.41, 5.74) is 1.56. The number of para-hydroxylation sites is 1. The van der Waals surface area contributed by atoms with Gasteiger partial charge in [-0.2, -0.15) is 5.11 Å². The topological polar surface area (TPSA) is 126 Å². The number of nitrogens with one attached hydrogen (secondary N) is 1. The van der Waals surface area contributed by atoms with Crippen molar-refractivity contribution in [1.29, 1.82) is 0 Å². The summed E-state index contributed by atoms with van der Waals surface area (Å²) in [6, 6.07) is 20.8. The van der Waals surface area contributed by atoms with Crippen LogP contribution in [0.3, 0.4) is 0 Å². The van der Waals surface area contributed by atoms with Gasteiger partial charge < -0.3 is 5.11 Å². The molecule has 0 saturated heterocycles. The third kappa shape index (κ3) is 3.72. The van der Waals surface area contributed by atoms with Crippen molar-refractivity contribution in [1.82, 2.24) is 9.78 Å². The highest BCUT2D eigenvalue weighted by Crippen LogP contribution is 2.29. The van der Waals surface area contributed by atoms with Crippen LogP contribution in [0.1, 0.15) is 0 Å². The molecule has 0 aliphatic rings. The molecule has 0 saturated carbocycles. The van der Waals surface area contributed by atoms with Crippen LogP contribution in [0.5, 0.6) is 5.75 Å².